The molecule has 2 aliphatic rings. The summed E-state index contributed by atoms with van der Waals surface area (Å²) in [6.45, 7) is 5.15. The standard InChI is InChI=1S/C24H28N4O3.2ClH/c1-13-11-26-22-21(14(13)2)27-24(30)28(23(22)29)10-9-18-20-15(12-25-18)7-8-16-17(20)5-4-6-19(16)31-3;;/h4-6,11,15,18,20,25H,7-10,12H2,1-3H3,(H,27,30);2*1H/t15-,18?,20+;;/m0../s1. The number of aryl methyl sites for hydroxylation is 2. The van der Waals surface area contributed by atoms with Crippen molar-refractivity contribution in [2.24, 2.45) is 5.92 Å². The van der Waals surface area contributed by atoms with Gasteiger partial charge < -0.3 is 15.0 Å². The Morgan fingerprint density at radius 3 is 2.76 bits per heavy atom. The Balaban J connectivity index is 0.00000153. The van der Waals surface area contributed by atoms with Gasteiger partial charge >= 0.3 is 5.69 Å². The topological polar surface area (TPSA) is 89.0 Å². The lowest BCUT2D eigenvalue weighted by molar-refractivity contribution is 0.371. The van der Waals surface area contributed by atoms with Crippen molar-refractivity contribution in [1.29, 1.82) is 0 Å². The maximum atomic E-state index is 13.0. The summed E-state index contributed by atoms with van der Waals surface area (Å²) in [4.78, 5) is 32.9. The van der Waals surface area contributed by atoms with Gasteiger partial charge in [-0.05, 0) is 73.9 Å². The first-order valence-corrected chi connectivity index (χ1v) is 11.0. The summed E-state index contributed by atoms with van der Waals surface area (Å²) < 4.78 is 6.90. The van der Waals surface area contributed by atoms with Crippen molar-refractivity contribution in [3.63, 3.8) is 0 Å². The van der Waals surface area contributed by atoms with Crippen molar-refractivity contribution >= 4 is 35.8 Å². The van der Waals surface area contributed by atoms with Crippen molar-refractivity contribution in [2.75, 3.05) is 13.7 Å². The molecule has 0 amide bonds. The molecule has 3 atom stereocenters. The smallest absolute Gasteiger partial charge is 0.328 e. The second-order valence-electron chi connectivity index (χ2n) is 8.83. The summed E-state index contributed by atoms with van der Waals surface area (Å²) >= 11 is 0. The average Bonchev–Trinajstić information content (AvgIpc) is 3.19. The van der Waals surface area contributed by atoms with Crippen LogP contribution in [0.15, 0.2) is 34.0 Å². The predicted octanol–water partition coefficient (Wildman–Crippen LogP) is 3.26. The molecule has 3 heterocycles. The molecule has 0 bridgehead atoms. The zero-order chi connectivity index (χ0) is 21.7. The van der Waals surface area contributed by atoms with E-state index < -0.39 is 0 Å². The van der Waals surface area contributed by atoms with E-state index in [4.69, 9.17) is 4.74 Å². The molecule has 5 rings (SSSR count). The summed E-state index contributed by atoms with van der Waals surface area (Å²) in [5.41, 5.74) is 4.67. The van der Waals surface area contributed by atoms with Crippen LogP contribution in [0.3, 0.4) is 0 Å². The zero-order valence-electron chi connectivity index (χ0n) is 19.0. The molecule has 2 N–H and O–H groups in total. The van der Waals surface area contributed by atoms with Gasteiger partial charge in [-0.1, -0.05) is 12.1 Å². The van der Waals surface area contributed by atoms with Gasteiger partial charge in [0.2, 0.25) is 0 Å². The molecule has 1 saturated heterocycles. The molecule has 1 aliphatic carbocycles. The van der Waals surface area contributed by atoms with E-state index in [0.29, 0.717) is 35.8 Å². The number of rotatable bonds is 4. The van der Waals surface area contributed by atoms with E-state index >= 15 is 0 Å². The maximum Gasteiger partial charge on any atom is 0.328 e. The molecule has 33 heavy (non-hydrogen) atoms. The van der Waals surface area contributed by atoms with Gasteiger partial charge in [0, 0.05) is 24.7 Å². The first-order valence-electron chi connectivity index (χ1n) is 11.0. The minimum absolute atomic E-state index is 0. The third kappa shape index (κ3) is 4.18. The number of methoxy groups -OCH3 is 1. The number of H-pyrrole nitrogens is 1. The number of fused-ring (bicyclic) bond motifs is 4. The van der Waals surface area contributed by atoms with Crippen molar-refractivity contribution in [1.82, 2.24) is 19.9 Å². The number of aromatic amines is 1. The third-order valence-electron chi connectivity index (χ3n) is 7.28. The highest BCUT2D eigenvalue weighted by Gasteiger charge is 2.40. The number of halogens is 2. The van der Waals surface area contributed by atoms with E-state index in [0.717, 1.165) is 36.3 Å². The van der Waals surface area contributed by atoms with Gasteiger partial charge in [0.05, 0.1) is 12.6 Å². The number of hydrogen-bond donors (Lipinski definition) is 2. The molecule has 1 aliphatic heterocycles. The summed E-state index contributed by atoms with van der Waals surface area (Å²) in [7, 11) is 1.72. The molecule has 7 nitrogen and oxygen atoms in total. The predicted molar refractivity (Wildman–Crippen MR) is 135 cm³/mol. The first-order chi connectivity index (χ1) is 15.0. The second kappa shape index (κ2) is 9.87. The van der Waals surface area contributed by atoms with Gasteiger partial charge in [-0.25, -0.2) is 9.78 Å². The first kappa shape index (κ1) is 25.3. The molecule has 0 radical (unpaired) electrons. The fourth-order valence-electron chi connectivity index (χ4n) is 5.48. The lowest BCUT2D eigenvalue weighted by Crippen LogP contribution is -2.38. The number of nitrogens with one attached hydrogen (secondary N) is 2. The highest BCUT2D eigenvalue weighted by Crippen LogP contribution is 2.45. The van der Waals surface area contributed by atoms with E-state index in [2.05, 4.69) is 27.4 Å². The van der Waals surface area contributed by atoms with Crippen LogP contribution in [-0.4, -0.2) is 34.2 Å². The average molecular weight is 493 g/mol. The van der Waals surface area contributed by atoms with Crippen LogP contribution in [0, 0.1) is 19.8 Å². The fourth-order valence-corrected chi connectivity index (χ4v) is 5.48. The number of aromatic nitrogens is 3. The Kier molecular flexibility index (Phi) is 7.56. The molecule has 1 aromatic carbocycles. The number of hydrogen-bond acceptors (Lipinski definition) is 5. The van der Waals surface area contributed by atoms with Crippen LogP contribution in [0.4, 0.5) is 0 Å². The highest BCUT2D eigenvalue weighted by molar-refractivity contribution is 5.85. The third-order valence-corrected chi connectivity index (χ3v) is 7.28. The quantitative estimate of drug-likeness (QED) is 0.583. The van der Waals surface area contributed by atoms with E-state index in [1.165, 1.54) is 15.7 Å². The minimum atomic E-state index is -0.367. The zero-order valence-corrected chi connectivity index (χ0v) is 20.6. The van der Waals surface area contributed by atoms with Crippen molar-refractivity contribution in [2.45, 2.75) is 51.6 Å². The van der Waals surface area contributed by atoms with Gasteiger partial charge in [-0.2, -0.15) is 0 Å². The molecule has 9 heteroatoms. The Labute approximate surface area is 204 Å². The number of pyridine rings is 1. The van der Waals surface area contributed by atoms with E-state index in [1.807, 2.05) is 19.9 Å². The van der Waals surface area contributed by atoms with Crippen LogP contribution in [0.1, 0.15) is 41.0 Å². The molecule has 0 saturated carbocycles. The number of nitrogens with zero attached hydrogens (tertiary/aromatic N) is 2. The van der Waals surface area contributed by atoms with Crippen LogP contribution in [0.25, 0.3) is 11.0 Å². The van der Waals surface area contributed by atoms with Gasteiger partial charge in [-0.3, -0.25) is 9.36 Å². The van der Waals surface area contributed by atoms with Crippen LogP contribution >= 0.6 is 24.8 Å². The van der Waals surface area contributed by atoms with Crippen molar-refractivity contribution < 1.29 is 4.74 Å². The minimum Gasteiger partial charge on any atom is -0.496 e. The molecule has 178 valence electrons. The lowest BCUT2D eigenvalue weighted by atomic mass is 9.73. The van der Waals surface area contributed by atoms with Gasteiger partial charge in [0.15, 0.2) is 5.52 Å². The van der Waals surface area contributed by atoms with E-state index in [1.54, 1.807) is 13.3 Å². The van der Waals surface area contributed by atoms with E-state index in [9.17, 15) is 9.59 Å². The van der Waals surface area contributed by atoms with Crippen molar-refractivity contribution in [3.05, 3.63) is 67.5 Å². The molecule has 3 aromatic rings. The van der Waals surface area contributed by atoms with Gasteiger partial charge in [0.1, 0.15) is 5.75 Å². The maximum absolute atomic E-state index is 13.0. The second-order valence-corrected chi connectivity index (χ2v) is 8.83. The highest BCUT2D eigenvalue weighted by atomic mass is 35.5. The fraction of sp³-hybridized carbons (Fsp3) is 0.458. The van der Waals surface area contributed by atoms with Gasteiger partial charge in [0.25, 0.3) is 5.56 Å². The molecule has 1 fully saturated rings. The van der Waals surface area contributed by atoms with E-state index in [-0.39, 0.29) is 42.1 Å². The largest absolute Gasteiger partial charge is 0.496 e. The van der Waals surface area contributed by atoms with Crippen molar-refractivity contribution in [3.8, 4) is 5.75 Å². The number of ether oxygens (including phenoxy) is 1. The van der Waals surface area contributed by atoms with Crippen LogP contribution in [0.2, 0.25) is 0 Å². The Hall–Kier alpha value is -2.35. The summed E-state index contributed by atoms with van der Waals surface area (Å²) in [6.07, 6.45) is 4.55. The molecule has 2 aromatic heterocycles. The Bertz CT molecular complexity index is 1290. The Morgan fingerprint density at radius 2 is 2.00 bits per heavy atom. The van der Waals surface area contributed by atoms with Crippen LogP contribution < -0.4 is 21.3 Å². The summed E-state index contributed by atoms with van der Waals surface area (Å²) in [5, 5.41) is 3.66. The Morgan fingerprint density at radius 1 is 1.21 bits per heavy atom. The molecule has 0 spiro atoms. The monoisotopic (exact) mass is 492 g/mol. The SMILES string of the molecule is COc1cccc2c1CC[C@H]1CNC(CCn3c(=O)[nH]c4c(C)c(C)cnc4c3=O)[C@@H]21.Cl.Cl. The number of benzene rings is 1. The molecular weight excluding hydrogens is 463 g/mol. The molecule has 1 unspecified atom stereocenters. The van der Waals surface area contributed by atoms with Crippen LogP contribution in [0.5, 0.6) is 5.75 Å². The summed E-state index contributed by atoms with van der Waals surface area (Å²) in [6, 6.07) is 6.51. The normalized spacial score (nSPS) is 21.0. The lowest BCUT2D eigenvalue weighted by Gasteiger charge is -2.32. The van der Waals surface area contributed by atoms with Crippen LogP contribution in [-0.2, 0) is 13.0 Å². The van der Waals surface area contributed by atoms with Gasteiger partial charge in [-0.15, -0.1) is 24.8 Å². The molecular formula is C24H30Cl2N4O3. The summed E-state index contributed by atoms with van der Waals surface area (Å²) in [5.74, 6) is 1.90.